The summed E-state index contributed by atoms with van der Waals surface area (Å²) in [5.74, 6) is -0.147. The van der Waals surface area contributed by atoms with Gasteiger partial charge in [-0.2, -0.15) is 0 Å². The first-order valence-corrected chi connectivity index (χ1v) is 13.4. The van der Waals surface area contributed by atoms with Gasteiger partial charge >= 0.3 is 0 Å². The number of rotatable bonds is 9. The zero-order valence-corrected chi connectivity index (χ0v) is 21.5. The Morgan fingerprint density at radius 1 is 0.842 bits per heavy atom. The lowest BCUT2D eigenvalue weighted by Crippen LogP contribution is -2.42. The lowest BCUT2D eigenvalue weighted by atomic mass is 10.1. The van der Waals surface area contributed by atoms with E-state index in [-0.39, 0.29) is 29.9 Å². The van der Waals surface area contributed by atoms with Crippen LogP contribution in [0.5, 0.6) is 0 Å². The van der Waals surface area contributed by atoms with Gasteiger partial charge in [-0.3, -0.25) is 19.4 Å². The van der Waals surface area contributed by atoms with E-state index in [4.69, 9.17) is 0 Å². The number of thioether (sulfide) groups is 1. The molecule has 192 valence electrons. The highest BCUT2D eigenvalue weighted by Gasteiger charge is 2.42. The maximum atomic E-state index is 13.4. The Kier molecular flexibility index (Phi) is 7.94. The van der Waals surface area contributed by atoms with Crippen molar-refractivity contribution < 1.29 is 14.4 Å². The van der Waals surface area contributed by atoms with E-state index in [0.717, 1.165) is 23.1 Å². The molecule has 8 nitrogen and oxygen atoms in total. The molecule has 0 aliphatic carbocycles. The van der Waals surface area contributed by atoms with E-state index >= 15 is 0 Å². The van der Waals surface area contributed by atoms with Crippen LogP contribution in [0.1, 0.15) is 23.1 Å². The lowest BCUT2D eigenvalue weighted by molar-refractivity contribution is -0.128. The van der Waals surface area contributed by atoms with Gasteiger partial charge in [-0.05, 0) is 29.7 Å². The zero-order chi connectivity index (χ0) is 26.3. The molecule has 2 aliphatic rings. The molecule has 0 aromatic heterocycles. The molecular formula is C29H27N5O3S. The monoisotopic (exact) mass is 525 g/mol. The number of nitrogens with one attached hydrogen (secondary N) is 2. The summed E-state index contributed by atoms with van der Waals surface area (Å²) in [5, 5.41) is 6.17. The van der Waals surface area contributed by atoms with Crippen LogP contribution in [0.25, 0.3) is 0 Å². The topological polar surface area (TPSA) is 103 Å². The van der Waals surface area contributed by atoms with Crippen LogP contribution in [0.3, 0.4) is 0 Å². The van der Waals surface area contributed by atoms with Gasteiger partial charge in [-0.15, -0.1) is 0 Å². The molecule has 2 aliphatic heterocycles. The van der Waals surface area contributed by atoms with E-state index in [9.17, 15) is 14.4 Å². The fourth-order valence-electron chi connectivity index (χ4n) is 4.25. The van der Waals surface area contributed by atoms with Gasteiger partial charge in [0.05, 0.1) is 17.9 Å². The van der Waals surface area contributed by atoms with E-state index in [1.54, 1.807) is 0 Å². The summed E-state index contributed by atoms with van der Waals surface area (Å²) in [4.78, 5) is 49.2. The third-order valence-electron chi connectivity index (χ3n) is 6.17. The van der Waals surface area contributed by atoms with Crippen LogP contribution >= 0.6 is 11.8 Å². The third kappa shape index (κ3) is 6.00. The summed E-state index contributed by atoms with van der Waals surface area (Å²) in [7, 11) is 0. The third-order valence-corrected chi connectivity index (χ3v) is 7.11. The predicted octanol–water partition coefficient (Wildman–Crippen LogP) is 3.44. The molecule has 0 bridgehead atoms. The van der Waals surface area contributed by atoms with Crippen molar-refractivity contribution in [2.24, 2.45) is 9.98 Å². The normalized spacial score (nSPS) is 15.7. The highest BCUT2D eigenvalue weighted by Crippen LogP contribution is 2.34. The molecule has 0 fully saturated rings. The first-order chi connectivity index (χ1) is 18.6. The quantitative estimate of drug-likeness (QED) is 0.447. The summed E-state index contributed by atoms with van der Waals surface area (Å²) in [6.07, 6.45) is 0.673. The minimum atomic E-state index is -0.850. The van der Waals surface area contributed by atoms with Gasteiger partial charge in [0.1, 0.15) is 11.9 Å². The molecule has 38 heavy (non-hydrogen) atoms. The fourth-order valence-corrected chi connectivity index (χ4v) is 5.08. The molecule has 5 rings (SSSR count). The number of nitrogens with zero attached hydrogens (tertiary/aromatic N) is 3. The molecular weight excluding hydrogens is 498 g/mol. The molecule has 0 radical (unpaired) electrons. The summed E-state index contributed by atoms with van der Waals surface area (Å²) < 4.78 is 0. The number of hydrogen-bond donors (Lipinski definition) is 2. The Bertz CT molecular complexity index is 1390. The molecule has 1 unspecified atom stereocenters. The van der Waals surface area contributed by atoms with Crippen molar-refractivity contribution in [3.63, 3.8) is 0 Å². The Hall–Kier alpha value is -4.24. The minimum Gasteiger partial charge on any atom is -0.355 e. The number of carbonyl (C=O) groups is 3. The minimum absolute atomic E-state index is 0.0637. The number of amides is 3. The van der Waals surface area contributed by atoms with E-state index in [1.807, 2.05) is 84.9 Å². The lowest BCUT2D eigenvalue weighted by Gasteiger charge is -2.25. The number of para-hydroxylation sites is 1. The van der Waals surface area contributed by atoms with E-state index < -0.39 is 6.04 Å². The van der Waals surface area contributed by atoms with Crippen LogP contribution in [0, 0.1) is 0 Å². The number of carbonyl (C=O) groups excluding carboxylic acids is 3. The molecule has 2 N–H and O–H groups in total. The van der Waals surface area contributed by atoms with Crippen LogP contribution in [0.2, 0.25) is 0 Å². The fraction of sp³-hybridized carbons (Fsp3) is 0.207. The summed E-state index contributed by atoms with van der Waals surface area (Å²) in [5.41, 5.74) is 3.53. The molecule has 3 aromatic rings. The molecule has 1 atom stereocenters. The Morgan fingerprint density at radius 2 is 1.53 bits per heavy atom. The van der Waals surface area contributed by atoms with Crippen molar-refractivity contribution >= 4 is 46.2 Å². The van der Waals surface area contributed by atoms with Crippen LogP contribution in [-0.4, -0.2) is 52.0 Å². The van der Waals surface area contributed by atoms with Crippen LogP contribution < -0.4 is 10.6 Å². The van der Waals surface area contributed by atoms with Gasteiger partial charge < -0.3 is 10.6 Å². The van der Waals surface area contributed by atoms with Crippen molar-refractivity contribution in [1.82, 2.24) is 15.5 Å². The Labute approximate surface area is 225 Å². The van der Waals surface area contributed by atoms with Gasteiger partial charge in [0, 0.05) is 18.7 Å². The summed E-state index contributed by atoms with van der Waals surface area (Å²) in [6, 6.07) is 26.1. The van der Waals surface area contributed by atoms with Crippen molar-refractivity contribution in [3.05, 3.63) is 102 Å². The molecule has 0 spiro atoms. The van der Waals surface area contributed by atoms with Crippen molar-refractivity contribution in [2.75, 3.05) is 12.3 Å². The van der Waals surface area contributed by atoms with Gasteiger partial charge in [0.15, 0.2) is 5.17 Å². The largest absolute Gasteiger partial charge is 0.355 e. The smallest absolute Gasteiger partial charge is 0.259 e. The second-order valence-corrected chi connectivity index (χ2v) is 9.84. The van der Waals surface area contributed by atoms with E-state index in [0.29, 0.717) is 29.8 Å². The Balaban J connectivity index is 1.22. The first kappa shape index (κ1) is 25.4. The van der Waals surface area contributed by atoms with Crippen LogP contribution in [0.4, 0.5) is 5.69 Å². The average molecular weight is 526 g/mol. The number of amidine groups is 2. The molecule has 3 amide bonds. The van der Waals surface area contributed by atoms with Gasteiger partial charge in [0.25, 0.3) is 5.91 Å². The maximum absolute atomic E-state index is 13.4. The first-order valence-electron chi connectivity index (χ1n) is 12.4. The summed E-state index contributed by atoms with van der Waals surface area (Å²) >= 11 is 1.19. The second-order valence-electron chi connectivity index (χ2n) is 8.89. The number of hydrogen-bond acceptors (Lipinski definition) is 6. The SMILES string of the molecule is O=C(CSC1=Nc2ccccc2C2=NC(CC(=O)NCc3ccccc3)C(=O)N12)NCCc1ccccc1. The standard InChI is InChI=1S/C29H27N5O3S/c35-25(31-18-21-11-5-2-6-12-21)17-24-28(37)34-27(32-24)22-13-7-8-14-23(22)33-29(34)38-19-26(36)30-16-15-20-9-3-1-4-10-20/h1-14,24H,15-19H2,(H,30,36)(H,31,35). The van der Waals surface area contributed by atoms with Gasteiger partial charge in [0.2, 0.25) is 11.8 Å². The van der Waals surface area contributed by atoms with Crippen molar-refractivity contribution in [1.29, 1.82) is 0 Å². The molecule has 2 heterocycles. The van der Waals surface area contributed by atoms with Crippen LogP contribution in [-0.2, 0) is 27.3 Å². The second kappa shape index (κ2) is 11.9. The van der Waals surface area contributed by atoms with Gasteiger partial charge in [-0.25, -0.2) is 9.89 Å². The predicted molar refractivity (Wildman–Crippen MR) is 149 cm³/mol. The Morgan fingerprint density at radius 3 is 2.29 bits per heavy atom. The highest BCUT2D eigenvalue weighted by molar-refractivity contribution is 8.14. The number of aliphatic imine (C=N–C) groups is 2. The summed E-state index contributed by atoms with van der Waals surface area (Å²) in [6.45, 7) is 0.903. The number of fused-ring (bicyclic) bond motifs is 3. The molecule has 0 saturated carbocycles. The maximum Gasteiger partial charge on any atom is 0.259 e. The molecule has 3 aromatic carbocycles. The average Bonchev–Trinajstić information content (AvgIpc) is 3.27. The molecule has 9 heteroatoms. The van der Waals surface area contributed by atoms with E-state index in [1.165, 1.54) is 16.7 Å². The number of benzene rings is 3. The van der Waals surface area contributed by atoms with E-state index in [2.05, 4.69) is 20.6 Å². The van der Waals surface area contributed by atoms with Crippen molar-refractivity contribution in [2.45, 2.75) is 25.4 Å². The zero-order valence-electron chi connectivity index (χ0n) is 20.7. The highest BCUT2D eigenvalue weighted by atomic mass is 32.2. The molecule has 0 saturated heterocycles. The van der Waals surface area contributed by atoms with Crippen LogP contribution in [0.15, 0.2) is 94.9 Å². The van der Waals surface area contributed by atoms with Gasteiger partial charge in [-0.1, -0.05) is 84.6 Å². The van der Waals surface area contributed by atoms with Crippen molar-refractivity contribution in [3.8, 4) is 0 Å².